The molecular weight excluding hydrogens is 441 g/mol. The van der Waals surface area contributed by atoms with Crippen LogP contribution in [0.2, 0.25) is 0 Å². The maximum absolute atomic E-state index is 14.0. The molecule has 1 unspecified atom stereocenters. The highest BCUT2D eigenvalue weighted by molar-refractivity contribution is 5.27. The Balaban J connectivity index is 3.23. The molecule has 1 aromatic rings. The lowest BCUT2D eigenvalue weighted by molar-refractivity contribution is -0.424. The molecule has 174 valence electrons. The van der Waals surface area contributed by atoms with Crippen LogP contribution >= 0.6 is 0 Å². The molecule has 0 fully saturated rings. The lowest BCUT2D eigenvalue weighted by Gasteiger charge is -2.39. The van der Waals surface area contributed by atoms with Gasteiger partial charge in [-0.15, -0.1) is 0 Å². The van der Waals surface area contributed by atoms with E-state index in [1.165, 1.54) is 12.1 Å². The van der Waals surface area contributed by atoms with Gasteiger partial charge in [-0.25, -0.2) is 0 Å². The Morgan fingerprint density at radius 3 is 1.60 bits per heavy atom. The van der Waals surface area contributed by atoms with Crippen LogP contribution in [0.15, 0.2) is 24.3 Å². The van der Waals surface area contributed by atoms with Crippen LogP contribution in [0, 0.1) is 0 Å². The second-order valence-corrected chi connectivity index (χ2v) is 7.18. The van der Waals surface area contributed by atoms with Gasteiger partial charge in [-0.05, 0) is 30.9 Å². The van der Waals surface area contributed by atoms with E-state index in [1.54, 1.807) is 0 Å². The minimum Gasteiger partial charge on any atom is -0.385 e. The van der Waals surface area contributed by atoms with Gasteiger partial charge in [0.05, 0.1) is 12.0 Å². The predicted molar refractivity (Wildman–Crippen MR) is 85.1 cm³/mol. The number of benzene rings is 1. The summed E-state index contributed by atoms with van der Waals surface area (Å²) >= 11 is 0. The number of aliphatic hydroxyl groups is 1. The Bertz CT molecular complexity index is 706. The number of hydrogen-bond donors (Lipinski definition) is 1. The van der Waals surface area contributed by atoms with Crippen molar-refractivity contribution in [2.45, 2.75) is 75.0 Å². The van der Waals surface area contributed by atoms with Gasteiger partial charge in [0.15, 0.2) is 0 Å². The standard InChI is InChI=1S/C18H19F11O/c1-3-4-5-11-6-8-12(9-7-11)13(2,30)10-14(19,20)15(21,22)16(23,24)17(25,26)18(27,28)29/h6-9,30H,3-5,10H2,1-2H3. The molecule has 30 heavy (non-hydrogen) atoms. The summed E-state index contributed by atoms with van der Waals surface area (Å²) < 4.78 is 144. The van der Waals surface area contributed by atoms with E-state index in [1.807, 2.05) is 6.92 Å². The van der Waals surface area contributed by atoms with Crippen molar-refractivity contribution in [1.29, 1.82) is 0 Å². The minimum absolute atomic E-state index is 0.441. The first-order chi connectivity index (χ1) is 13.2. The van der Waals surface area contributed by atoms with Crippen LogP contribution in [-0.2, 0) is 12.0 Å². The molecule has 0 aliphatic rings. The molecule has 1 rings (SSSR count). The van der Waals surface area contributed by atoms with E-state index in [-0.39, 0.29) is 0 Å². The van der Waals surface area contributed by atoms with Crippen LogP contribution in [0.4, 0.5) is 48.3 Å². The first-order valence-corrected chi connectivity index (χ1v) is 8.64. The quantitative estimate of drug-likeness (QED) is 0.405. The Morgan fingerprint density at radius 2 is 1.20 bits per heavy atom. The van der Waals surface area contributed by atoms with E-state index in [0.29, 0.717) is 18.9 Å². The van der Waals surface area contributed by atoms with Gasteiger partial charge in [0.1, 0.15) is 0 Å². The zero-order valence-corrected chi connectivity index (χ0v) is 15.7. The van der Waals surface area contributed by atoms with Crippen molar-refractivity contribution >= 4 is 0 Å². The number of halogens is 11. The van der Waals surface area contributed by atoms with Crippen LogP contribution in [0.3, 0.4) is 0 Å². The zero-order chi connectivity index (χ0) is 23.8. The van der Waals surface area contributed by atoms with Gasteiger partial charge >= 0.3 is 29.9 Å². The molecule has 0 aromatic heterocycles. The summed E-state index contributed by atoms with van der Waals surface area (Å²) in [6.07, 6.45) is -7.62. The molecule has 0 saturated heterocycles. The van der Waals surface area contributed by atoms with Crippen molar-refractivity contribution in [2.24, 2.45) is 0 Å². The molecular formula is C18H19F11O. The highest BCUT2D eigenvalue weighted by atomic mass is 19.4. The number of unbranched alkanes of at least 4 members (excludes halogenated alkanes) is 1. The van der Waals surface area contributed by atoms with E-state index >= 15 is 0 Å². The van der Waals surface area contributed by atoms with Crippen LogP contribution in [0.5, 0.6) is 0 Å². The second-order valence-electron chi connectivity index (χ2n) is 7.18. The van der Waals surface area contributed by atoms with E-state index in [4.69, 9.17) is 0 Å². The monoisotopic (exact) mass is 460 g/mol. The van der Waals surface area contributed by atoms with Crippen molar-refractivity contribution in [1.82, 2.24) is 0 Å². The second kappa shape index (κ2) is 8.16. The molecule has 0 spiro atoms. The lowest BCUT2D eigenvalue weighted by Crippen LogP contribution is -2.67. The third-order valence-corrected chi connectivity index (χ3v) is 4.57. The van der Waals surface area contributed by atoms with Gasteiger partial charge in [-0.2, -0.15) is 48.3 Å². The Labute approximate surface area is 164 Å². The molecule has 1 aromatic carbocycles. The summed E-state index contributed by atoms with van der Waals surface area (Å²) in [5, 5.41) is 10.1. The average Bonchev–Trinajstić information content (AvgIpc) is 2.58. The van der Waals surface area contributed by atoms with E-state index in [0.717, 1.165) is 25.0 Å². The van der Waals surface area contributed by atoms with Crippen molar-refractivity contribution in [3.05, 3.63) is 35.4 Å². The van der Waals surface area contributed by atoms with Crippen LogP contribution < -0.4 is 0 Å². The van der Waals surface area contributed by atoms with Crippen LogP contribution in [0.25, 0.3) is 0 Å². The van der Waals surface area contributed by atoms with Gasteiger partial charge in [0, 0.05) is 0 Å². The third kappa shape index (κ3) is 4.67. The Hall–Kier alpha value is -1.59. The highest BCUT2D eigenvalue weighted by Gasteiger charge is 2.87. The summed E-state index contributed by atoms with van der Waals surface area (Å²) in [6.45, 7) is 2.41. The largest absolute Gasteiger partial charge is 0.460 e. The Morgan fingerprint density at radius 1 is 0.733 bits per heavy atom. The zero-order valence-electron chi connectivity index (χ0n) is 15.7. The Kier molecular flexibility index (Phi) is 7.19. The van der Waals surface area contributed by atoms with Gasteiger partial charge < -0.3 is 5.11 Å². The minimum atomic E-state index is -7.48. The summed E-state index contributed by atoms with van der Waals surface area (Å²) in [4.78, 5) is 0. The number of rotatable bonds is 9. The molecule has 0 heterocycles. The van der Waals surface area contributed by atoms with Gasteiger partial charge in [-0.1, -0.05) is 37.6 Å². The highest BCUT2D eigenvalue weighted by Crippen LogP contribution is 2.59. The molecule has 1 nitrogen and oxygen atoms in total. The average molecular weight is 460 g/mol. The maximum atomic E-state index is 14.0. The topological polar surface area (TPSA) is 20.2 Å². The van der Waals surface area contributed by atoms with Gasteiger partial charge in [0.25, 0.3) is 0 Å². The number of hydrogen-bond acceptors (Lipinski definition) is 1. The molecule has 0 bridgehead atoms. The molecule has 0 aliphatic heterocycles. The van der Waals surface area contributed by atoms with Crippen LogP contribution in [-0.4, -0.2) is 35.0 Å². The summed E-state index contributed by atoms with van der Waals surface area (Å²) in [6, 6.07) is 4.79. The fourth-order valence-corrected chi connectivity index (χ4v) is 2.66. The summed E-state index contributed by atoms with van der Waals surface area (Å²) in [7, 11) is 0. The first-order valence-electron chi connectivity index (χ1n) is 8.64. The number of aryl methyl sites for hydroxylation is 1. The molecule has 1 N–H and O–H groups in total. The maximum Gasteiger partial charge on any atom is 0.460 e. The van der Waals surface area contributed by atoms with Crippen molar-refractivity contribution in [3.63, 3.8) is 0 Å². The molecule has 0 amide bonds. The first kappa shape index (κ1) is 26.4. The SMILES string of the molecule is CCCCc1ccc(C(C)(O)CC(F)(F)C(F)(F)C(F)(F)C(F)(F)C(F)(F)F)cc1. The predicted octanol–water partition coefficient (Wildman–Crippen LogP) is 6.73. The normalized spacial score (nSPS) is 16.5. The van der Waals surface area contributed by atoms with Crippen molar-refractivity contribution in [2.75, 3.05) is 0 Å². The van der Waals surface area contributed by atoms with Gasteiger partial charge in [-0.3, -0.25) is 0 Å². The van der Waals surface area contributed by atoms with Crippen LogP contribution in [0.1, 0.15) is 44.2 Å². The summed E-state index contributed by atoms with van der Waals surface area (Å²) in [5.41, 5.74) is -2.70. The molecule has 0 aliphatic carbocycles. The third-order valence-electron chi connectivity index (χ3n) is 4.57. The summed E-state index contributed by atoms with van der Waals surface area (Å²) in [5.74, 6) is -28.2. The van der Waals surface area contributed by atoms with Gasteiger partial charge in [0.2, 0.25) is 0 Å². The molecule has 0 saturated carbocycles. The fourth-order valence-electron chi connectivity index (χ4n) is 2.66. The molecule has 12 heteroatoms. The van der Waals surface area contributed by atoms with Crippen molar-refractivity contribution < 1.29 is 53.4 Å². The fraction of sp³-hybridized carbons (Fsp3) is 0.667. The molecule has 1 atom stereocenters. The van der Waals surface area contributed by atoms with Crippen molar-refractivity contribution in [3.8, 4) is 0 Å². The smallest absolute Gasteiger partial charge is 0.385 e. The lowest BCUT2D eigenvalue weighted by atomic mass is 9.84. The number of alkyl halides is 11. The van der Waals surface area contributed by atoms with E-state index in [9.17, 15) is 53.4 Å². The van der Waals surface area contributed by atoms with E-state index in [2.05, 4.69) is 0 Å². The van der Waals surface area contributed by atoms with E-state index < -0.39 is 47.5 Å². The molecule has 0 radical (unpaired) electrons.